The van der Waals surface area contributed by atoms with Crippen LogP contribution in [0.1, 0.15) is 16.8 Å². The number of thiophene rings is 1. The molecule has 0 aliphatic carbocycles. The Bertz CT molecular complexity index is 392. The van der Waals surface area contributed by atoms with Crippen molar-refractivity contribution >= 4 is 55.0 Å². The Morgan fingerprint density at radius 1 is 1.47 bits per heavy atom. The fourth-order valence-electron chi connectivity index (χ4n) is 0.890. The van der Waals surface area contributed by atoms with E-state index in [9.17, 15) is 9.59 Å². The zero-order valence-electron chi connectivity index (χ0n) is 7.55. The Hall–Kier alpha value is -0.400. The molecular weight excluding hydrogens is 348 g/mol. The second-order valence-corrected chi connectivity index (χ2v) is 6.46. The van der Waals surface area contributed by atoms with E-state index in [-0.39, 0.29) is 18.9 Å². The molecule has 0 aliphatic heterocycles. The molecule has 82 valence electrons. The SMILES string of the molecule is NC(=O)CCNC(=O)c1cc(Br)sc1Br. The number of hydrogen-bond donors (Lipinski definition) is 2. The number of primary amides is 1. The maximum atomic E-state index is 11.6. The molecule has 0 atom stereocenters. The van der Waals surface area contributed by atoms with Crippen LogP contribution in [0.3, 0.4) is 0 Å². The summed E-state index contributed by atoms with van der Waals surface area (Å²) in [6.45, 7) is 0.258. The van der Waals surface area contributed by atoms with Crippen molar-refractivity contribution in [1.29, 1.82) is 0 Å². The van der Waals surface area contributed by atoms with Crippen LogP contribution in [0.2, 0.25) is 0 Å². The summed E-state index contributed by atoms with van der Waals surface area (Å²) in [5.41, 5.74) is 5.50. The van der Waals surface area contributed by atoms with Crippen LogP contribution in [0, 0.1) is 0 Å². The van der Waals surface area contributed by atoms with Crippen LogP contribution in [0.4, 0.5) is 0 Å². The second kappa shape index (κ2) is 5.62. The van der Waals surface area contributed by atoms with Gasteiger partial charge in [-0.3, -0.25) is 9.59 Å². The van der Waals surface area contributed by atoms with E-state index in [1.165, 1.54) is 11.3 Å². The van der Waals surface area contributed by atoms with E-state index in [1.54, 1.807) is 6.07 Å². The minimum Gasteiger partial charge on any atom is -0.370 e. The van der Waals surface area contributed by atoms with Crippen molar-refractivity contribution in [2.75, 3.05) is 6.54 Å². The molecule has 0 fully saturated rings. The molecule has 3 N–H and O–H groups in total. The maximum Gasteiger partial charge on any atom is 0.253 e. The fourth-order valence-corrected chi connectivity index (χ4v) is 3.68. The normalized spacial score (nSPS) is 10.0. The zero-order chi connectivity index (χ0) is 11.4. The van der Waals surface area contributed by atoms with Crippen molar-refractivity contribution in [3.8, 4) is 0 Å². The van der Waals surface area contributed by atoms with Gasteiger partial charge in [-0.15, -0.1) is 11.3 Å². The van der Waals surface area contributed by atoms with Crippen molar-refractivity contribution in [3.05, 3.63) is 19.2 Å². The maximum absolute atomic E-state index is 11.6. The van der Waals surface area contributed by atoms with Gasteiger partial charge in [0.2, 0.25) is 5.91 Å². The summed E-state index contributed by atoms with van der Waals surface area (Å²) in [5, 5.41) is 2.60. The van der Waals surface area contributed by atoms with Crippen LogP contribution in [-0.4, -0.2) is 18.4 Å². The molecule has 0 spiro atoms. The van der Waals surface area contributed by atoms with E-state index in [0.29, 0.717) is 5.56 Å². The lowest BCUT2D eigenvalue weighted by molar-refractivity contribution is -0.117. The molecule has 0 unspecified atom stereocenters. The monoisotopic (exact) mass is 354 g/mol. The highest BCUT2D eigenvalue weighted by Crippen LogP contribution is 2.31. The minimum absolute atomic E-state index is 0.147. The average molecular weight is 356 g/mol. The van der Waals surface area contributed by atoms with Crippen molar-refractivity contribution in [3.63, 3.8) is 0 Å². The molecule has 0 aliphatic rings. The lowest BCUT2D eigenvalue weighted by atomic mass is 10.3. The minimum atomic E-state index is -0.430. The van der Waals surface area contributed by atoms with Crippen LogP contribution >= 0.6 is 43.2 Å². The van der Waals surface area contributed by atoms with E-state index < -0.39 is 5.91 Å². The second-order valence-electron chi connectivity index (χ2n) is 2.71. The standard InChI is InChI=1S/C8H8Br2N2O2S/c9-5-3-4(7(10)15-5)8(14)12-2-1-6(11)13/h3H,1-2H2,(H2,11,13)(H,12,14). The molecule has 2 amide bonds. The van der Waals surface area contributed by atoms with Crippen LogP contribution < -0.4 is 11.1 Å². The largest absolute Gasteiger partial charge is 0.370 e. The smallest absolute Gasteiger partial charge is 0.253 e. The lowest BCUT2D eigenvalue weighted by Crippen LogP contribution is -2.27. The van der Waals surface area contributed by atoms with Gasteiger partial charge in [0.05, 0.1) is 13.1 Å². The molecule has 1 aromatic rings. The van der Waals surface area contributed by atoms with E-state index in [1.807, 2.05) is 0 Å². The van der Waals surface area contributed by atoms with Crippen LogP contribution in [-0.2, 0) is 4.79 Å². The van der Waals surface area contributed by atoms with Gasteiger partial charge in [0.25, 0.3) is 5.91 Å². The summed E-state index contributed by atoms with van der Waals surface area (Å²) < 4.78 is 1.63. The van der Waals surface area contributed by atoms with Crippen molar-refractivity contribution in [2.45, 2.75) is 6.42 Å². The molecule has 0 saturated heterocycles. The Morgan fingerprint density at radius 2 is 2.13 bits per heavy atom. The third-order valence-corrected chi connectivity index (χ3v) is 3.90. The summed E-state index contributed by atoms with van der Waals surface area (Å²) >= 11 is 7.97. The third-order valence-electron chi connectivity index (χ3n) is 1.56. The van der Waals surface area contributed by atoms with Gasteiger partial charge in [-0.1, -0.05) is 0 Å². The molecule has 7 heteroatoms. The summed E-state index contributed by atoms with van der Waals surface area (Å²) in [7, 11) is 0. The molecule has 1 rings (SSSR count). The number of rotatable bonds is 4. The molecule has 0 bridgehead atoms. The van der Waals surface area contributed by atoms with Crippen molar-refractivity contribution in [1.82, 2.24) is 5.32 Å². The van der Waals surface area contributed by atoms with Gasteiger partial charge in [-0.05, 0) is 37.9 Å². The Kier molecular flexibility index (Phi) is 4.75. The Balaban J connectivity index is 2.54. The van der Waals surface area contributed by atoms with Crippen molar-refractivity contribution in [2.24, 2.45) is 5.73 Å². The number of hydrogen-bond acceptors (Lipinski definition) is 3. The fraction of sp³-hybridized carbons (Fsp3) is 0.250. The first-order valence-electron chi connectivity index (χ1n) is 4.02. The third kappa shape index (κ3) is 3.92. The molecule has 1 aromatic heterocycles. The van der Waals surface area contributed by atoms with Crippen LogP contribution in [0.15, 0.2) is 13.6 Å². The molecule has 15 heavy (non-hydrogen) atoms. The van der Waals surface area contributed by atoms with E-state index >= 15 is 0 Å². The summed E-state index contributed by atoms with van der Waals surface area (Å²) in [5.74, 6) is -0.647. The quantitative estimate of drug-likeness (QED) is 0.865. The van der Waals surface area contributed by atoms with Gasteiger partial charge in [0.15, 0.2) is 0 Å². The van der Waals surface area contributed by atoms with Crippen LogP contribution in [0.25, 0.3) is 0 Å². The van der Waals surface area contributed by atoms with Gasteiger partial charge in [0, 0.05) is 13.0 Å². The highest BCUT2D eigenvalue weighted by molar-refractivity contribution is 9.12. The number of amides is 2. The Labute approximate surface area is 107 Å². The Morgan fingerprint density at radius 3 is 2.60 bits per heavy atom. The van der Waals surface area contributed by atoms with Gasteiger partial charge >= 0.3 is 0 Å². The van der Waals surface area contributed by atoms with E-state index in [4.69, 9.17) is 5.73 Å². The van der Waals surface area contributed by atoms with Gasteiger partial charge in [-0.25, -0.2) is 0 Å². The molecular formula is C8H8Br2N2O2S. The first kappa shape index (κ1) is 12.7. The van der Waals surface area contributed by atoms with Crippen molar-refractivity contribution < 1.29 is 9.59 Å². The van der Waals surface area contributed by atoms with E-state index in [0.717, 1.165) is 7.57 Å². The summed E-state index contributed by atoms with van der Waals surface area (Å²) in [6, 6.07) is 1.72. The molecule has 0 aromatic carbocycles. The van der Waals surface area contributed by atoms with Gasteiger partial charge in [-0.2, -0.15) is 0 Å². The number of nitrogens with one attached hydrogen (secondary N) is 1. The highest BCUT2D eigenvalue weighted by Gasteiger charge is 2.12. The number of halogens is 2. The van der Waals surface area contributed by atoms with Gasteiger partial charge in [0.1, 0.15) is 0 Å². The summed E-state index contributed by atoms with van der Waals surface area (Å²) in [4.78, 5) is 22.0. The molecule has 0 radical (unpaired) electrons. The molecule has 4 nitrogen and oxygen atoms in total. The molecule has 1 heterocycles. The van der Waals surface area contributed by atoms with E-state index in [2.05, 4.69) is 37.2 Å². The number of carbonyl (C=O) groups excluding carboxylic acids is 2. The first-order valence-corrected chi connectivity index (χ1v) is 6.42. The molecule has 0 saturated carbocycles. The summed E-state index contributed by atoms with van der Waals surface area (Å²) in [6.07, 6.45) is 0.147. The predicted octanol–water partition coefficient (Wildman–Crippen LogP) is 1.88. The van der Waals surface area contributed by atoms with Crippen LogP contribution in [0.5, 0.6) is 0 Å². The lowest BCUT2D eigenvalue weighted by Gasteiger charge is -2.01. The zero-order valence-corrected chi connectivity index (χ0v) is 11.5. The average Bonchev–Trinajstić information content (AvgIpc) is 2.44. The topological polar surface area (TPSA) is 72.2 Å². The number of carbonyl (C=O) groups is 2. The van der Waals surface area contributed by atoms with Gasteiger partial charge < -0.3 is 11.1 Å². The first-order chi connectivity index (χ1) is 7.00. The number of nitrogens with two attached hydrogens (primary N) is 1. The highest BCUT2D eigenvalue weighted by atomic mass is 79.9. The predicted molar refractivity (Wildman–Crippen MR) is 65.9 cm³/mol.